The summed E-state index contributed by atoms with van der Waals surface area (Å²) in [5.74, 6) is -0.688. The SMILES string of the molecule is CC1(c2csc3nc(COCC(=O)O)[nH]c(=O)c23)CC1. The summed E-state index contributed by atoms with van der Waals surface area (Å²) >= 11 is 1.45. The van der Waals surface area contributed by atoms with Crippen LogP contribution in [0.15, 0.2) is 10.2 Å². The summed E-state index contributed by atoms with van der Waals surface area (Å²) in [5, 5.41) is 11.2. The molecule has 0 atom stereocenters. The van der Waals surface area contributed by atoms with E-state index in [0.29, 0.717) is 16.0 Å². The quantitative estimate of drug-likeness (QED) is 0.874. The minimum atomic E-state index is -1.05. The first-order valence-electron chi connectivity index (χ1n) is 6.30. The number of nitrogens with one attached hydrogen (secondary N) is 1. The Bertz CT molecular complexity index is 730. The van der Waals surface area contributed by atoms with Gasteiger partial charge in [-0.1, -0.05) is 6.92 Å². The summed E-state index contributed by atoms with van der Waals surface area (Å²) in [7, 11) is 0. The van der Waals surface area contributed by atoms with E-state index in [1.54, 1.807) is 0 Å². The third-order valence-corrected chi connectivity index (χ3v) is 4.48. The Morgan fingerprint density at radius 2 is 2.35 bits per heavy atom. The van der Waals surface area contributed by atoms with Gasteiger partial charge in [-0.3, -0.25) is 4.79 Å². The number of carbonyl (C=O) groups is 1. The van der Waals surface area contributed by atoms with Crippen LogP contribution in [0.2, 0.25) is 0 Å². The van der Waals surface area contributed by atoms with E-state index >= 15 is 0 Å². The smallest absolute Gasteiger partial charge is 0.329 e. The van der Waals surface area contributed by atoms with Gasteiger partial charge in [-0.25, -0.2) is 9.78 Å². The highest BCUT2D eigenvalue weighted by atomic mass is 32.1. The summed E-state index contributed by atoms with van der Waals surface area (Å²) < 4.78 is 4.94. The van der Waals surface area contributed by atoms with Crippen molar-refractivity contribution in [3.05, 3.63) is 27.1 Å². The van der Waals surface area contributed by atoms with Gasteiger partial charge in [0.2, 0.25) is 0 Å². The largest absolute Gasteiger partial charge is 0.480 e. The molecule has 0 aliphatic heterocycles. The third kappa shape index (κ3) is 2.34. The van der Waals surface area contributed by atoms with Crippen molar-refractivity contribution < 1.29 is 14.6 Å². The number of hydrogen-bond acceptors (Lipinski definition) is 5. The first kappa shape index (κ1) is 13.3. The molecule has 0 spiro atoms. The van der Waals surface area contributed by atoms with Crippen LogP contribution in [0.25, 0.3) is 10.2 Å². The second kappa shape index (κ2) is 4.68. The van der Waals surface area contributed by atoms with Crippen LogP contribution in [0, 0.1) is 0 Å². The Balaban J connectivity index is 1.91. The zero-order valence-electron chi connectivity index (χ0n) is 10.9. The number of hydrogen-bond donors (Lipinski definition) is 2. The highest BCUT2D eigenvalue weighted by Crippen LogP contribution is 2.50. The van der Waals surface area contributed by atoms with E-state index in [0.717, 1.165) is 18.4 Å². The normalized spacial score (nSPS) is 16.4. The van der Waals surface area contributed by atoms with Crippen molar-refractivity contribution in [3.8, 4) is 0 Å². The maximum absolute atomic E-state index is 12.2. The molecule has 2 aromatic heterocycles. The van der Waals surface area contributed by atoms with E-state index in [9.17, 15) is 9.59 Å². The van der Waals surface area contributed by atoms with E-state index in [1.165, 1.54) is 11.3 Å². The molecule has 0 bridgehead atoms. The number of H-pyrrole nitrogens is 1. The Hall–Kier alpha value is -1.73. The Labute approximate surface area is 118 Å². The molecule has 106 valence electrons. The summed E-state index contributed by atoms with van der Waals surface area (Å²) in [4.78, 5) is 30.3. The molecule has 0 amide bonds. The molecule has 3 rings (SSSR count). The number of carboxylic acids is 1. The maximum atomic E-state index is 12.2. The van der Waals surface area contributed by atoms with Crippen LogP contribution in [-0.4, -0.2) is 27.7 Å². The van der Waals surface area contributed by atoms with Gasteiger partial charge >= 0.3 is 5.97 Å². The fourth-order valence-corrected chi connectivity index (χ4v) is 3.31. The molecule has 0 unspecified atom stereocenters. The molecule has 20 heavy (non-hydrogen) atoms. The van der Waals surface area contributed by atoms with Gasteiger partial charge in [-0.2, -0.15) is 0 Å². The minimum absolute atomic E-state index is 0.0119. The number of aromatic nitrogens is 2. The molecule has 1 saturated carbocycles. The van der Waals surface area contributed by atoms with Crippen LogP contribution in [0.3, 0.4) is 0 Å². The van der Waals surface area contributed by atoms with Crippen molar-refractivity contribution in [2.75, 3.05) is 6.61 Å². The molecule has 1 aliphatic carbocycles. The maximum Gasteiger partial charge on any atom is 0.329 e. The monoisotopic (exact) mass is 294 g/mol. The molecule has 0 aromatic carbocycles. The molecule has 1 aliphatic rings. The lowest BCUT2D eigenvalue weighted by Gasteiger charge is -2.06. The van der Waals surface area contributed by atoms with Crippen LogP contribution in [0.5, 0.6) is 0 Å². The molecule has 1 fully saturated rings. The first-order chi connectivity index (χ1) is 9.49. The van der Waals surface area contributed by atoms with E-state index in [2.05, 4.69) is 16.9 Å². The molecular weight excluding hydrogens is 280 g/mol. The number of aromatic amines is 1. The van der Waals surface area contributed by atoms with Gasteiger partial charge in [-0.15, -0.1) is 11.3 Å². The minimum Gasteiger partial charge on any atom is -0.480 e. The number of rotatable bonds is 5. The number of thiophene rings is 1. The fraction of sp³-hybridized carbons (Fsp3) is 0.462. The van der Waals surface area contributed by atoms with Gasteiger partial charge in [0.1, 0.15) is 23.9 Å². The van der Waals surface area contributed by atoms with Crippen molar-refractivity contribution >= 4 is 27.5 Å². The predicted octanol–water partition coefficient (Wildman–Crippen LogP) is 1.64. The second-order valence-corrected chi connectivity index (χ2v) is 6.15. The lowest BCUT2D eigenvalue weighted by atomic mass is 9.99. The number of carboxylic acid groups (broad SMARTS) is 1. The topological polar surface area (TPSA) is 92.3 Å². The highest BCUT2D eigenvalue weighted by Gasteiger charge is 2.41. The summed E-state index contributed by atoms with van der Waals surface area (Å²) in [6.45, 7) is 1.73. The van der Waals surface area contributed by atoms with Crippen LogP contribution >= 0.6 is 11.3 Å². The number of ether oxygens (including phenoxy) is 1. The number of fused-ring (bicyclic) bond motifs is 1. The average Bonchev–Trinajstić information content (AvgIpc) is 2.96. The summed E-state index contributed by atoms with van der Waals surface area (Å²) in [5.41, 5.74) is 1.02. The zero-order chi connectivity index (χ0) is 14.3. The summed E-state index contributed by atoms with van der Waals surface area (Å²) in [6, 6.07) is 0. The van der Waals surface area contributed by atoms with Gasteiger partial charge in [0.25, 0.3) is 5.56 Å². The van der Waals surface area contributed by atoms with Crippen LogP contribution < -0.4 is 5.56 Å². The standard InChI is InChI=1S/C13H14N2O4S/c1-13(2-3-13)7-6-20-12-10(7)11(18)14-8(15-12)4-19-5-9(16)17/h6H,2-5H2,1H3,(H,16,17)(H,14,15,18). The van der Waals surface area contributed by atoms with Crippen molar-refractivity contribution in [2.45, 2.75) is 31.8 Å². The fourth-order valence-electron chi connectivity index (χ4n) is 2.20. The van der Waals surface area contributed by atoms with E-state index < -0.39 is 12.6 Å². The van der Waals surface area contributed by atoms with Crippen LogP contribution in [-0.2, 0) is 21.6 Å². The first-order valence-corrected chi connectivity index (χ1v) is 7.18. The van der Waals surface area contributed by atoms with Crippen molar-refractivity contribution in [1.29, 1.82) is 0 Å². The molecule has 0 radical (unpaired) electrons. The third-order valence-electron chi connectivity index (χ3n) is 3.61. The average molecular weight is 294 g/mol. The summed E-state index contributed by atoms with van der Waals surface area (Å²) in [6.07, 6.45) is 2.20. The molecule has 6 nitrogen and oxygen atoms in total. The van der Waals surface area contributed by atoms with Crippen LogP contribution in [0.1, 0.15) is 31.2 Å². The Morgan fingerprint density at radius 3 is 3.00 bits per heavy atom. The molecule has 2 aromatic rings. The van der Waals surface area contributed by atoms with E-state index in [1.807, 2.05) is 5.38 Å². The van der Waals surface area contributed by atoms with Crippen molar-refractivity contribution in [1.82, 2.24) is 9.97 Å². The zero-order valence-corrected chi connectivity index (χ0v) is 11.7. The van der Waals surface area contributed by atoms with Gasteiger partial charge in [-0.05, 0) is 29.2 Å². The molecule has 2 N–H and O–H groups in total. The Morgan fingerprint density at radius 1 is 1.60 bits per heavy atom. The van der Waals surface area contributed by atoms with Crippen LogP contribution in [0.4, 0.5) is 0 Å². The molecule has 2 heterocycles. The molecule has 0 saturated heterocycles. The lowest BCUT2D eigenvalue weighted by molar-refractivity contribution is -0.142. The number of nitrogens with zero attached hydrogens (tertiary/aromatic N) is 1. The highest BCUT2D eigenvalue weighted by molar-refractivity contribution is 7.16. The van der Waals surface area contributed by atoms with E-state index in [4.69, 9.17) is 9.84 Å². The van der Waals surface area contributed by atoms with E-state index in [-0.39, 0.29) is 17.6 Å². The second-order valence-electron chi connectivity index (χ2n) is 5.29. The molecular formula is C13H14N2O4S. The van der Waals surface area contributed by atoms with Gasteiger partial charge in [0, 0.05) is 0 Å². The lowest BCUT2D eigenvalue weighted by Crippen LogP contribution is -2.15. The Kier molecular flexibility index (Phi) is 3.10. The molecule has 7 heteroatoms. The predicted molar refractivity (Wildman–Crippen MR) is 74.1 cm³/mol. The van der Waals surface area contributed by atoms with Gasteiger partial charge in [0.05, 0.1) is 5.39 Å². The van der Waals surface area contributed by atoms with Gasteiger partial charge in [0.15, 0.2) is 0 Å². The number of aliphatic carboxylic acids is 1. The van der Waals surface area contributed by atoms with Crippen molar-refractivity contribution in [2.24, 2.45) is 0 Å². The van der Waals surface area contributed by atoms with Gasteiger partial charge < -0.3 is 14.8 Å². The van der Waals surface area contributed by atoms with Crippen molar-refractivity contribution in [3.63, 3.8) is 0 Å².